The molecular weight excluding hydrogens is 356 g/mol. The third kappa shape index (κ3) is 4.05. The number of rotatable bonds is 5. The van der Waals surface area contributed by atoms with E-state index in [0.29, 0.717) is 28.2 Å². The van der Waals surface area contributed by atoms with Crippen molar-refractivity contribution in [1.29, 1.82) is 0 Å². The number of carbonyl (C=O) groups excluding carboxylic acids is 1. The predicted molar refractivity (Wildman–Crippen MR) is 105 cm³/mol. The molecule has 1 aliphatic carbocycles. The number of hydrogen-bond donors (Lipinski definition) is 1. The highest BCUT2D eigenvalue weighted by Crippen LogP contribution is 2.29. The van der Waals surface area contributed by atoms with Crippen LogP contribution in [0.3, 0.4) is 0 Å². The predicted octanol–water partition coefficient (Wildman–Crippen LogP) is 4.30. The lowest BCUT2D eigenvalue weighted by molar-refractivity contribution is -0.124. The van der Waals surface area contributed by atoms with Gasteiger partial charge in [-0.05, 0) is 48.8 Å². The molecule has 0 unspecified atom stereocenters. The number of hydrogen-bond acceptors (Lipinski definition) is 3. The Morgan fingerprint density at radius 2 is 2.12 bits per heavy atom. The molecule has 1 amide bonds. The molecular formula is C19H21ClN2O2S. The van der Waals surface area contributed by atoms with Crippen LogP contribution in [-0.2, 0) is 4.79 Å². The Bertz CT molecular complexity index is 726. The highest BCUT2D eigenvalue weighted by Gasteiger charge is 2.36. The number of nitrogens with zero attached hydrogens (tertiary/aromatic N) is 1. The molecule has 3 rings (SSSR count). The van der Waals surface area contributed by atoms with Crippen molar-refractivity contribution in [1.82, 2.24) is 10.2 Å². The van der Waals surface area contributed by atoms with E-state index in [1.165, 1.54) is 6.42 Å². The van der Waals surface area contributed by atoms with E-state index in [-0.39, 0.29) is 11.9 Å². The van der Waals surface area contributed by atoms with Gasteiger partial charge in [-0.2, -0.15) is 0 Å². The van der Waals surface area contributed by atoms with Gasteiger partial charge in [0.05, 0.1) is 5.02 Å². The van der Waals surface area contributed by atoms with Gasteiger partial charge in [0, 0.05) is 6.04 Å². The van der Waals surface area contributed by atoms with Gasteiger partial charge in [-0.25, -0.2) is 0 Å². The monoisotopic (exact) mass is 376 g/mol. The molecule has 0 spiro atoms. The van der Waals surface area contributed by atoms with E-state index in [2.05, 4.69) is 11.9 Å². The van der Waals surface area contributed by atoms with Gasteiger partial charge in [0.1, 0.15) is 18.1 Å². The van der Waals surface area contributed by atoms with Crippen LogP contribution >= 0.6 is 23.8 Å². The lowest BCUT2D eigenvalue weighted by Crippen LogP contribution is -2.41. The van der Waals surface area contributed by atoms with Crippen LogP contribution in [0.1, 0.15) is 37.7 Å². The number of nitrogens with one attached hydrogen (secondary N) is 1. The molecule has 1 aromatic carbocycles. The zero-order valence-electron chi connectivity index (χ0n) is 14.0. The summed E-state index contributed by atoms with van der Waals surface area (Å²) in [5.74, 6) is 0.536. The Balaban J connectivity index is 1.77. The van der Waals surface area contributed by atoms with Crippen molar-refractivity contribution in [2.24, 2.45) is 0 Å². The van der Waals surface area contributed by atoms with E-state index >= 15 is 0 Å². The fraction of sp³-hybridized carbons (Fsp3) is 0.368. The topological polar surface area (TPSA) is 41.6 Å². The van der Waals surface area contributed by atoms with Crippen molar-refractivity contribution in [2.45, 2.75) is 38.1 Å². The van der Waals surface area contributed by atoms with E-state index in [9.17, 15) is 4.79 Å². The molecule has 1 N–H and O–H groups in total. The van der Waals surface area contributed by atoms with Crippen LogP contribution in [0.25, 0.3) is 6.08 Å². The van der Waals surface area contributed by atoms with E-state index in [1.54, 1.807) is 29.2 Å². The van der Waals surface area contributed by atoms with Gasteiger partial charge < -0.3 is 10.1 Å². The second-order valence-corrected chi connectivity index (χ2v) is 7.04. The molecule has 0 bridgehead atoms. The standard InChI is InChI=1S/C19H21ClN2O2S/c1-2-10-24-17-9-8-13(11-15(17)20)12-16-18(23)22(19(25)21-16)14-6-4-3-5-7-14/h2,8-9,11-12,14H,1,3-7,10H2,(H,21,25). The summed E-state index contributed by atoms with van der Waals surface area (Å²) in [5.41, 5.74) is 1.31. The third-order valence-corrected chi connectivity index (χ3v) is 5.07. The summed E-state index contributed by atoms with van der Waals surface area (Å²) in [6.07, 6.45) is 9.01. The van der Waals surface area contributed by atoms with Crippen molar-refractivity contribution in [3.63, 3.8) is 0 Å². The quantitative estimate of drug-likeness (QED) is 0.472. The van der Waals surface area contributed by atoms with E-state index in [1.807, 2.05) is 6.07 Å². The smallest absolute Gasteiger partial charge is 0.276 e. The summed E-state index contributed by atoms with van der Waals surface area (Å²) in [6.45, 7) is 4.01. The molecule has 132 valence electrons. The largest absolute Gasteiger partial charge is 0.488 e. The van der Waals surface area contributed by atoms with Crippen LogP contribution in [0.4, 0.5) is 0 Å². The minimum Gasteiger partial charge on any atom is -0.488 e. The molecule has 25 heavy (non-hydrogen) atoms. The summed E-state index contributed by atoms with van der Waals surface area (Å²) < 4.78 is 5.46. The molecule has 1 saturated heterocycles. The fourth-order valence-corrected chi connectivity index (χ4v) is 3.84. The van der Waals surface area contributed by atoms with Crippen molar-refractivity contribution in [2.75, 3.05) is 6.61 Å². The molecule has 0 atom stereocenters. The molecule has 1 saturated carbocycles. The second kappa shape index (κ2) is 8.02. The maximum Gasteiger partial charge on any atom is 0.276 e. The molecule has 1 aliphatic heterocycles. The third-order valence-electron chi connectivity index (χ3n) is 4.47. The normalized spacial score (nSPS) is 20.0. The highest BCUT2D eigenvalue weighted by atomic mass is 35.5. The van der Waals surface area contributed by atoms with Crippen molar-refractivity contribution in [3.8, 4) is 5.75 Å². The SMILES string of the molecule is C=CCOc1ccc(C=C2NC(=S)N(C3CCCCC3)C2=O)cc1Cl. The Morgan fingerprint density at radius 1 is 1.36 bits per heavy atom. The van der Waals surface area contributed by atoms with Gasteiger partial charge in [0.2, 0.25) is 0 Å². The molecule has 6 heteroatoms. The summed E-state index contributed by atoms with van der Waals surface area (Å²) in [4.78, 5) is 14.5. The van der Waals surface area contributed by atoms with Gasteiger partial charge in [0.25, 0.3) is 5.91 Å². The van der Waals surface area contributed by atoms with Crippen LogP contribution in [0.5, 0.6) is 5.75 Å². The van der Waals surface area contributed by atoms with Crippen LogP contribution in [-0.4, -0.2) is 28.6 Å². The summed E-state index contributed by atoms with van der Waals surface area (Å²) in [5, 5.41) is 4.04. The van der Waals surface area contributed by atoms with Gasteiger partial charge in [0.15, 0.2) is 5.11 Å². The Morgan fingerprint density at radius 3 is 2.80 bits per heavy atom. The number of benzene rings is 1. The lowest BCUT2D eigenvalue weighted by Gasteiger charge is -2.29. The van der Waals surface area contributed by atoms with Crippen molar-refractivity contribution in [3.05, 3.63) is 47.1 Å². The van der Waals surface area contributed by atoms with E-state index in [0.717, 1.165) is 31.2 Å². The molecule has 1 aromatic rings. The zero-order chi connectivity index (χ0) is 17.8. The maximum absolute atomic E-state index is 12.8. The average molecular weight is 377 g/mol. The van der Waals surface area contributed by atoms with Gasteiger partial charge >= 0.3 is 0 Å². The molecule has 2 aliphatic rings. The number of halogens is 1. The van der Waals surface area contributed by atoms with Gasteiger partial charge in [-0.1, -0.05) is 49.6 Å². The Kier molecular flexibility index (Phi) is 5.76. The van der Waals surface area contributed by atoms with Gasteiger partial charge in [-0.15, -0.1) is 0 Å². The average Bonchev–Trinajstić information content (AvgIpc) is 2.88. The summed E-state index contributed by atoms with van der Waals surface area (Å²) in [6, 6.07) is 5.63. The second-order valence-electron chi connectivity index (χ2n) is 6.24. The summed E-state index contributed by atoms with van der Waals surface area (Å²) in [7, 11) is 0. The Labute approximate surface area is 158 Å². The Hall–Kier alpha value is -1.85. The number of amides is 1. The first-order valence-electron chi connectivity index (χ1n) is 8.49. The fourth-order valence-electron chi connectivity index (χ4n) is 3.26. The van der Waals surface area contributed by atoms with Crippen LogP contribution in [0.2, 0.25) is 5.02 Å². The number of carbonyl (C=O) groups is 1. The first-order valence-corrected chi connectivity index (χ1v) is 9.28. The van der Waals surface area contributed by atoms with Crippen LogP contribution < -0.4 is 10.1 Å². The molecule has 1 heterocycles. The minimum atomic E-state index is -0.0555. The maximum atomic E-state index is 12.8. The van der Waals surface area contributed by atoms with Crippen molar-refractivity contribution >= 4 is 40.9 Å². The lowest BCUT2D eigenvalue weighted by atomic mass is 9.94. The van der Waals surface area contributed by atoms with Gasteiger partial charge in [-0.3, -0.25) is 9.69 Å². The van der Waals surface area contributed by atoms with E-state index < -0.39 is 0 Å². The first kappa shape index (κ1) is 18.0. The minimum absolute atomic E-state index is 0.0555. The molecule has 0 aromatic heterocycles. The molecule has 4 nitrogen and oxygen atoms in total. The molecule has 2 fully saturated rings. The zero-order valence-corrected chi connectivity index (χ0v) is 15.5. The van der Waals surface area contributed by atoms with E-state index in [4.69, 9.17) is 28.6 Å². The molecule has 0 radical (unpaired) electrons. The number of thiocarbonyl (C=S) groups is 1. The first-order chi connectivity index (χ1) is 12.1. The number of ether oxygens (including phenoxy) is 1. The summed E-state index contributed by atoms with van der Waals surface area (Å²) >= 11 is 11.6. The highest BCUT2D eigenvalue weighted by molar-refractivity contribution is 7.80. The van der Waals surface area contributed by atoms with Crippen molar-refractivity contribution < 1.29 is 9.53 Å². The van der Waals surface area contributed by atoms with Crippen LogP contribution in [0.15, 0.2) is 36.6 Å². The van der Waals surface area contributed by atoms with Crippen LogP contribution in [0, 0.1) is 0 Å².